The van der Waals surface area contributed by atoms with Crippen LogP contribution in [0.15, 0.2) is 0 Å². The number of hydrogen-bond donors (Lipinski definition) is 2. The highest BCUT2D eigenvalue weighted by Gasteiger charge is 2.24. The minimum absolute atomic E-state index is 0.139. The van der Waals surface area contributed by atoms with E-state index in [1.54, 1.807) is 0 Å². The molecule has 1 heterocycles. The molecule has 4 heteroatoms. The largest absolute Gasteiger partial charge is 0.355 e. The minimum atomic E-state index is 0.139. The predicted octanol–water partition coefficient (Wildman–Crippen LogP) is 0.962. The van der Waals surface area contributed by atoms with Gasteiger partial charge in [-0.3, -0.25) is 9.69 Å². The van der Waals surface area contributed by atoms with Crippen LogP contribution in [0.5, 0.6) is 0 Å². The van der Waals surface area contributed by atoms with Crippen molar-refractivity contribution in [3.63, 3.8) is 0 Å². The highest BCUT2D eigenvalue weighted by molar-refractivity contribution is 5.75. The van der Waals surface area contributed by atoms with E-state index in [1.165, 1.54) is 25.9 Å². The van der Waals surface area contributed by atoms with E-state index in [9.17, 15) is 4.79 Å². The summed E-state index contributed by atoms with van der Waals surface area (Å²) in [7, 11) is 0. The zero-order valence-electron chi connectivity index (χ0n) is 11.2. The van der Waals surface area contributed by atoms with Gasteiger partial charge in [0.05, 0.1) is 0 Å². The molecule has 0 spiro atoms. The lowest BCUT2D eigenvalue weighted by atomic mass is 10.0. The zero-order chi connectivity index (χ0) is 12.7. The van der Waals surface area contributed by atoms with Crippen LogP contribution in [0, 0.1) is 5.92 Å². The Bertz CT molecular complexity index is 225. The fourth-order valence-electron chi connectivity index (χ4n) is 2.43. The number of likely N-dealkylation sites (tertiary alicyclic amines) is 1. The quantitative estimate of drug-likeness (QED) is 0.698. The number of amides is 1. The normalized spacial score (nSPS) is 18.6. The van der Waals surface area contributed by atoms with Crippen LogP contribution >= 0.6 is 0 Å². The van der Waals surface area contributed by atoms with Crippen molar-refractivity contribution >= 4 is 5.91 Å². The molecule has 0 aromatic heterocycles. The first-order chi connectivity index (χ1) is 8.15. The summed E-state index contributed by atoms with van der Waals surface area (Å²) in [6, 6.07) is 0.485. The van der Waals surface area contributed by atoms with E-state index < -0.39 is 0 Å². The molecule has 1 aliphatic rings. The molecule has 100 valence electrons. The second-order valence-corrected chi connectivity index (χ2v) is 5.25. The summed E-state index contributed by atoms with van der Waals surface area (Å²) >= 11 is 0. The Hall–Kier alpha value is -0.610. The van der Waals surface area contributed by atoms with Gasteiger partial charge in [0.2, 0.25) is 5.91 Å². The molecule has 0 aromatic rings. The van der Waals surface area contributed by atoms with Crippen LogP contribution < -0.4 is 11.1 Å². The Kier molecular flexibility index (Phi) is 6.52. The molecule has 1 aliphatic heterocycles. The molecular formula is C13H27N3O. The van der Waals surface area contributed by atoms with Crippen LogP contribution in [0.3, 0.4) is 0 Å². The predicted molar refractivity (Wildman–Crippen MR) is 70.7 cm³/mol. The maximum atomic E-state index is 11.6. The monoisotopic (exact) mass is 241 g/mol. The van der Waals surface area contributed by atoms with Gasteiger partial charge >= 0.3 is 0 Å². The van der Waals surface area contributed by atoms with Crippen LogP contribution in [0.1, 0.15) is 39.5 Å². The van der Waals surface area contributed by atoms with Crippen LogP contribution in [0.25, 0.3) is 0 Å². The summed E-state index contributed by atoms with van der Waals surface area (Å²) in [5, 5.41) is 3.04. The van der Waals surface area contributed by atoms with Gasteiger partial charge in [-0.1, -0.05) is 13.8 Å². The third-order valence-corrected chi connectivity index (χ3v) is 3.50. The molecule has 0 saturated carbocycles. The molecule has 17 heavy (non-hydrogen) atoms. The molecular weight excluding hydrogens is 214 g/mol. The Morgan fingerprint density at radius 2 is 2.00 bits per heavy atom. The topological polar surface area (TPSA) is 58.4 Å². The molecule has 0 aliphatic carbocycles. The lowest BCUT2D eigenvalue weighted by molar-refractivity contribution is -0.121. The van der Waals surface area contributed by atoms with Crippen molar-refractivity contribution in [1.82, 2.24) is 10.2 Å². The number of nitrogens with zero attached hydrogens (tertiary/aromatic N) is 1. The van der Waals surface area contributed by atoms with Gasteiger partial charge in [0, 0.05) is 19.0 Å². The third kappa shape index (κ3) is 5.04. The Morgan fingerprint density at radius 3 is 2.53 bits per heavy atom. The second-order valence-electron chi connectivity index (χ2n) is 5.25. The second kappa shape index (κ2) is 7.67. The number of hydrogen-bond acceptors (Lipinski definition) is 3. The van der Waals surface area contributed by atoms with Gasteiger partial charge in [-0.25, -0.2) is 0 Å². The van der Waals surface area contributed by atoms with Crippen molar-refractivity contribution in [3.05, 3.63) is 0 Å². The zero-order valence-corrected chi connectivity index (χ0v) is 11.2. The van der Waals surface area contributed by atoms with Gasteiger partial charge in [0.1, 0.15) is 0 Å². The molecule has 1 rings (SSSR count). The number of rotatable bonds is 7. The summed E-state index contributed by atoms with van der Waals surface area (Å²) in [6.45, 7) is 8.20. The average molecular weight is 241 g/mol. The molecule has 4 nitrogen and oxygen atoms in total. The molecule has 0 bridgehead atoms. The van der Waals surface area contributed by atoms with Crippen molar-refractivity contribution < 1.29 is 4.79 Å². The van der Waals surface area contributed by atoms with E-state index in [1.807, 2.05) is 0 Å². The first-order valence-corrected chi connectivity index (χ1v) is 6.86. The van der Waals surface area contributed by atoms with Crippen molar-refractivity contribution in [2.24, 2.45) is 11.7 Å². The lowest BCUT2D eigenvalue weighted by Gasteiger charge is -2.31. The standard InChI is InChI=1S/C13H27N3O/c1-11(2)12(16-8-3-4-9-16)10-15-13(17)6-5-7-14/h11-12H,3-10,14H2,1-2H3,(H,15,17). The molecule has 1 fully saturated rings. The van der Waals surface area contributed by atoms with Crippen LogP contribution in [-0.4, -0.2) is 43.0 Å². The van der Waals surface area contributed by atoms with Gasteiger partial charge in [0.15, 0.2) is 0 Å². The van der Waals surface area contributed by atoms with Crippen molar-refractivity contribution in [2.45, 2.75) is 45.6 Å². The summed E-state index contributed by atoms with van der Waals surface area (Å²) in [6.07, 6.45) is 3.93. The molecule has 1 unspecified atom stereocenters. The van der Waals surface area contributed by atoms with Crippen LogP contribution in [0.4, 0.5) is 0 Å². The first-order valence-electron chi connectivity index (χ1n) is 6.86. The summed E-state index contributed by atoms with van der Waals surface area (Å²) < 4.78 is 0. The Morgan fingerprint density at radius 1 is 1.35 bits per heavy atom. The first kappa shape index (κ1) is 14.5. The smallest absolute Gasteiger partial charge is 0.220 e. The summed E-state index contributed by atoms with van der Waals surface area (Å²) in [4.78, 5) is 14.1. The number of nitrogens with two attached hydrogens (primary N) is 1. The molecule has 0 radical (unpaired) electrons. The fourth-order valence-corrected chi connectivity index (χ4v) is 2.43. The highest BCUT2D eigenvalue weighted by Crippen LogP contribution is 2.17. The van der Waals surface area contributed by atoms with Crippen LogP contribution in [-0.2, 0) is 4.79 Å². The maximum absolute atomic E-state index is 11.6. The minimum Gasteiger partial charge on any atom is -0.355 e. The van der Waals surface area contributed by atoms with Crippen molar-refractivity contribution in [3.8, 4) is 0 Å². The molecule has 1 saturated heterocycles. The lowest BCUT2D eigenvalue weighted by Crippen LogP contribution is -2.45. The van der Waals surface area contributed by atoms with Crippen molar-refractivity contribution in [1.29, 1.82) is 0 Å². The highest BCUT2D eigenvalue weighted by atomic mass is 16.1. The van der Waals surface area contributed by atoms with Gasteiger partial charge in [0.25, 0.3) is 0 Å². The molecule has 0 aromatic carbocycles. The summed E-state index contributed by atoms with van der Waals surface area (Å²) in [5.41, 5.74) is 5.39. The van der Waals surface area contributed by atoms with E-state index >= 15 is 0 Å². The van der Waals surface area contributed by atoms with E-state index in [2.05, 4.69) is 24.1 Å². The van der Waals surface area contributed by atoms with E-state index in [0.717, 1.165) is 13.0 Å². The number of nitrogens with one attached hydrogen (secondary N) is 1. The summed E-state index contributed by atoms with van der Waals surface area (Å²) in [5.74, 6) is 0.725. The molecule has 1 amide bonds. The number of carbonyl (C=O) groups is 1. The Balaban J connectivity index is 2.31. The van der Waals surface area contributed by atoms with Crippen LogP contribution in [0.2, 0.25) is 0 Å². The number of carbonyl (C=O) groups excluding carboxylic acids is 1. The van der Waals surface area contributed by atoms with Gasteiger partial charge < -0.3 is 11.1 Å². The third-order valence-electron chi connectivity index (χ3n) is 3.50. The van der Waals surface area contributed by atoms with E-state index in [4.69, 9.17) is 5.73 Å². The maximum Gasteiger partial charge on any atom is 0.220 e. The van der Waals surface area contributed by atoms with E-state index in [0.29, 0.717) is 24.9 Å². The van der Waals surface area contributed by atoms with Crippen molar-refractivity contribution in [2.75, 3.05) is 26.2 Å². The average Bonchev–Trinajstić information content (AvgIpc) is 2.79. The molecule has 1 atom stereocenters. The SMILES string of the molecule is CC(C)C(CNC(=O)CCCN)N1CCCC1. The van der Waals surface area contributed by atoms with Gasteiger partial charge in [-0.05, 0) is 44.8 Å². The van der Waals surface area contributed by atoms with E-state index in [-0.39, 0.29) is 5.91 Å². The van der Waals surface area contributed by atoms with Gasteiger partial charge in [-0.2, -0.15) is 0 Å². The Labute approximate surface area is 105 Å². The molecule has 3 N–H and O–H groups in total. The van der Waals surface area contributed by atoms with Gasteiger partial charge in [-0.15, -0.1) is 0 Å². The fraction of sp³-hybridized carbons (Fsp3) is 0.923.